The van der Waals surface area contributed by atoms with Crippen LogP contribution in [-0.2, 0) is 4.74 Å². The summed E-state index contributed by atoms with van der Waals surface area (Å²) >= 11 is 12.2. The van der Waals surface area contributed by atoms with Crippen molar-refractivity contribution in [2.75, 3.05) is 38.2 Å². The molecule has 98 valence electrons. The van der Waals surface area contributed by atoms with Gasteiger partial charge in [0.15, 0.2) is 0 Å². The van der Waals surface area contributed by atoms with Crippen LogP contribution >= 0.6 is 23.2 Å². The maximum atomic E-state index is 11.4. The molecule has 0 aliphatic carbocycles. The van der Waals surface area contributed by atoms with Crippen LogP contribution < -0.4 is 4.90 Å². The first-order chi connectivity index (χ1) is 8.63. The average molecular weight is 289 g/mol. The molecular formula is C12H14Cl2N2O2. The van der Waals surface area contributed by atoms with Crippen molar-refractivity contribution >= 4 is 35.0 Å². The fraction of sp³-hybridized carbons (Fsp3) is 0.417. The summed E-state index contributed by atoms with van der Waals surface area (Å²) in [5.74, 6) is 0. The lowest BCUT2D eigenvalue weighted by Gasteiger charge is -2.35. The number of piperazine rings is 1. The fourth-order valence-electron chi connectivity index (χ4n) is 2.00. The van der Waals surface area contributed by atoms with Gasteiger partial charge in [-0.3, -0.25) is 0 Å². The number of rotatable bonds is 1. The van der Waals surface area contributed by atoms with Crippen molar-refractivity contribution in [3.8, 4) is 0 Å². The normalized spacial score (nSPS) is 15.7. The zero-order valence-electron chi connectivity index (χ0n) is 10.0. The SMILES string of the molecule is COC(=O)N1CCN(c2cccc(Cl)c2Cl)CC1. The molecule has 1 fully saturated rings. The van der Waals surface area contributed by atoms with E-state index in [1.54, 1.807) is 11.0 Å². The van der Waals surface area contributed by atoms with Gasteiger partial charge in [0.05, 0.1) is 22.8 Å². The van der Waals surface area contributed by atoms with Crippen molar-refractivity contribution in [2.45, 2.75) is 0 Å². The van der Waals surface area contributed by atoms with Gasteiger partial charge in [0, 0.05) is 26.2 Å². The average Bonchev–Trinajstić information content (AvgIpc) is 2.41. The maximum absolute atomic E-state index is 11.4. The van der Waals surface area contributed by atoms with Gasteiger partial charge >= 0.3 is 6.09 Å². The predicted molar refractivity (Wildman–Crippen MR) is 72.7 cm³/mol. The molecule has 18 heavy (non-hydrogen) atoms. The van der Waals surface area contributed by atoms with Crippen molar-refractivity contribution in [2.24, 2.45) is 0 Å². The summed E-state index contributed by atoms with van der Waals surface area (Å²) in [6.07, 6.45) is -0.285. The predicted octanol–water partition coefficient (Wildman–Crippen LogP) is 2.88. The Bertz CT molecular complexity index is 446. The minimum atomic E-state index is -0.285. The van der Waals surface area contributed by atoms with Crippen LogP contribution in [0.3, 0.4) is 0 Å². The van der Waals surface area contributed by atoms with Crippen LogP contribution in [-0.4, -0.2) is 44.3 Å². The first-order valence-electron chi connectivity index (χ1n) is 5.65. The topological polar surface area (TPSA) is 32.8 Å². The molecule has 0 radical (unpaired) electrons. The second-order valence-corrected chi connectivity index (χ2v) is 4.80. The monoisotopic (exact) mass is 288 g/mol. The molecule has 1 heterocycles. The van der Waals surface area contributed by atoms with E-state index < -0.39 is 0 Å². The molecule has 1 aliphatic heterocycles. The Balaban J connectivity index is 2.06. The Hall–Kier alpha value is -1.13. The largest absolute Gasteiger partial charge is 0.453 e. The van der Waals surface area contributed by atoms with Gasteiger partial charge in [-0.2, -0.15) is 0 Å². The number of hydrogen-bond acceptors (Lipinski definition) is 3. The zero-order valence-corrected chi connectivity index (χ0v) is 11.5. The quantitative estimate of drug-likeness (QED) is 0.797. The van der Waals surface area contributed by atoms with Gasteiger partial charge < -0.3 is 14.5 Å². The van der Waals surface area contributed by atoms with Gasteiger partial charge in [0.25, 0.3) is 0 Å². The van der Waals surface area contributed by atoms with E-state index in [-0.39, 0.29) is 6.09 Å². The Morgan fingerprint density at radius 3 is 2.50 bits per heavy atom. The number of carbonyl (C=O) groups excluding carboxylic acids is 1. The Labute approximate surface area is 116 Å². The lowest BCUT2D eigenvalue weighted by Crippen LogP contribution is -2.48. The summed E-state index contributed by atoms with van der Waals surface area (Å²) in [7, 11) is 1.39. The molecule has 1 aliphatic rings. The Morgan fingerprint density at radius 2 is 1.89 bits per heavy atom. The molecule has 0 bridgehead atoms. The van der Waals surface area contributed by atoms with E-state index in [1.807, 2.05) is 12.1 Å². The van der Waals surface area contributed by atoms with E-state index in [2.05, 4.69) is 4.90 Å². The molecular weight excluding hydrogens is 275 g/mol. The summed E-state index contributed by atoms with van der Waals surface area (Å²) in [6, 6.07) is 5.57. The number of carbonyl (C=O) groups is 1. The van der Waals surface area contributed by atoms with E-state index in [0.717, 1.165) is 18.8 Å². The highest BCUT2D eigenvalue weighted by atomic mass is 35.5. The highest BCUT2D eigenvalue weighted by molar-refractivity contribution is 6.43. The minimum Gasteiger partial charge on any atom is -0.453 e. The van der Waals surface area contributed by atoms with E-state index in [4.69, 9.17) is 27.9 Å². The summed E-state index contributed by atoms with van der Waals surface area (Å²) < 4.78 is 4.69. The second kappa shape index (κ2) is 5.67. The molecule has 6 heteroatoms. The van der Waals surface area contributed by atoms with Crippen LogP contribution in [0.25, 0.3) is 0 Å². The van der Waals surface area contributed by atoms with Crippen LogP contribution in [0.1, 0.15) is 0 Å². The molecule has 0 aromatic heterocycles. The van der Waals surface area contributed by atoms with Gasteiger partial charge in [-0.15, -0.1) is 0 Å². The standard InChI is InChI=1S/C12H14Cl2N2O2/c1-18-12(17)16-7-5-15(6-8-16)10-4-2-3-9(13)11(10)14/h2-4H,5-8H2,1H3. The molecule has 1 aromatic rings. The molecule has 0 N–H and O–H groups in total. The number of methoxy groups -OCH3 is 1. The third kappa shape index (κ3) is 2.65. The van der Waals surface area contributed by atoms with Crippen molar-refractivity contribution in [3.63, 3.8) is 0 Å². The van der Waals surface area contributed by atoms with E-state index >= 15 is 0 Å². The fourth-order valence-corrected chi connectivity index (χ4v) is 2.41. The third-order valence-corrected chi connectivity index (χ3v) is 3.79. The molecule has 0 saturated carbocycles. The molecule has 1 amide bonds. The first kappa shape index (κ1) is 13.3. The van der Waals surface area contributed by atoms with Crippen molar-refractivity contribution < 1.29 is 9.53 Å². The Kier molecular flexibility index (Phi) is 4.19. The number of anilines is 1. The van der Waals surface area contributed by atoms with Gasteiger partial charge in [-0.1, -0.05) is 29.3 Å². The number of ether oxygens (including phenoxy) is 1. The van der Waals surface area contributed by atoms with Crippen molar-refractivity contribution in [1.82, 2.24) is 4.90 Å². The van der Waals surface area contributed by atoms with Gasteiger partial charge in [0.2, 0.25) is 0 Å². The summed E-state index contributed by atoms with van der Waals surface area (Å²) in [5.41, 5.74) is 0.911. The number of amides is 1. The molecule has 1 aromatic carbocycles. The van der Waals surface area contributed by atoms with Crippen molar-refractivity contribution in [3.05, 3.63) is 28.2 Å². The van der Waals surface area contributed by atoms with Gasteiger partial charge in [0.1, 0.15) is 0 Å². The number of halogens is 2. The number of hydrogen-bond donors (Lipinski definition) is 0. The molecule has 0 spiro atoms. The molecule has 0 atom stereocenters. The number of nitrogens with zero attached hydrogens (tertiary/aromatic N) is 2. The van der Waals surface area contributed by atoms with Crippen molar-refractivity contribution in [1.29, 1.82) is 0 Å². The van der Waals surface area contributed by atoms with E-state index in [9.17, 15) is 4.79 Å². The summed E-state index contributed by atoms with van der Waals surface area (Å²) in [4.78, 5) is 15.2. The molecule has 2 rings (SSSR count). The lowest BCUT2D eigenvalue weighted by atomic mass is 10.2. The van der Waals surface area contributed by atoms with Gasteiger partial charge in [-0.25, -0.2) is 4.79 Å². The zero-order chi connectivity index (χ0) is 13.1. The van der Waals surface area contributed by atoms with Crippen LogP contribution in [0, 0.1) is 0 Å². The highest BCUT2D eigenvalue weighted by Gasteiger charge is 2.23. The first-order valence-corrected chi connectivity index (χ1v) is 6.41. The van der Waals surface area contributed by atoms with Crippen LogP contribution in [0.5, 0.6) is 0 Å². The van der Waals surface area contributed by atoms with Crippen LogP contribution in [0.2, 0.25) is 10.0 Å². The van der Waals surface area contributed by atoms with E-state index in [1.165, 1.54) is 7.11 Å². The van der Waals surface area contributed by atoms with E-state index in [0.29, 0.717) is 23.1 Å². The number of benzene rings is 1. The van der Waals surface area contributed by atoms with Gasteiger partial charge in [-0.05, 0) is 12.1 Å². The summed E-state index contributed by atoms with van der Waals surface area (Å²) in [5, 5.41) is 1.11. The molecule has 0 unspecified atom stereocenters. The second-order valence-electron chi connectivity index (χ2n) is 4.02. The van der Waals surface area contributed by atoms with Crippen LogP contribution in [0.15, 0.2) is 18.2 Å². The lowest BCUT2D eigenvalue weighted by molar-refractivity contribution is 0.121. The third-order valence-electron chi connectivity index (χ3n) is 2.98. The minimum absolute atomic E-state index is 0.285. The maximum Gasteiger partial charge on any atom is 0.409 e. The molecule has 1 saturated heterocycles. The summed E-state index contributed by atoms with van der Waals surface area (Å²) in [6.45, 7) is 2.68. The molecule has 4 nitrogen and oxygen atoms in total. The highest BCUT2D eigenvalue weighted by Crippen LogP contribution is 2.32. The smallest absolute Gasteiger partial charge is 0.409 e. The Morgan fingerprint density at radius 1 is 1.22 bits per heavy atom. The van der Waals surface area contributed by atoms with Crippen LogP contribution in [0.4, 0.5) is 10.5 Å².